The molecule has 0 bridgehead atoms. The van der Waals surface area contributed by atoms with E-state index in [2.05, 4.69) is 25.2 Å². The van der Waals surface area contributed by atoms with Gasteiger partial charge in [0.05, 0.1) is 14.2 Å². The van der Waals surface area contributed by atoms with E-state index in [1.54, 1.807) is 25.1 Å². The molecule has 1 aliphatic rings. The maximum absolute atomic E-state index is 13.0. The lowest BCUT2D eigenvalue weighted by Gasteiger charge is -2.26. The molecule has 1 atom stereocenters. The van der Waals surface area contributed by atoms with Crippen LogP contribution < -0.4 is 25.2 Å². The molecule has 10 nitrogen and oxygen atoms in total. The summed E-state index contributed by atoms with van der Waals surface area (Å²) in [5.41, 5.74) is 0.451. The van der Waals surface area contributed by atoms with E-state index in [0.717, 1.165) is 25.9 Å². The van der Waals surface area contributed by atoms with Crippen LogP contribution in [0.25, 0.3) is 11.0 Å². The van der Waals surface area contributed by atoms with Gasteiger partial charge in [-0.3, -0.25) is 14.2 Å². The number of anilines is 2. The Hall–Kier alpha value is -3.69. The van der Waals surface area contributed by atoms with Gasteiger partial charge in [-0.2, -0.15) is 4.98 Å². The van der Waals surface area contributed by atoms with Crippen LogP contribution >= 0.6 is 0 Å². The molecule has 1 saturated heterocycles. The van der Waals surface area contributed by atoms with Crippen molar-refractivity contribution in [2.24, 2.45) is 0 Å². The van der Waals surface area contributed by atoms with Crippen LogP contribution in [0.15, 0.2) is 35.5 Å². The fourth-order valence-electron chi connectivity index (χ4n) is 3.70. The average Bonchev–Trinajstić information content (AvgIpc) is 2.83. The summed E-state index contributed by atoms with van der Waals surface area (Å²) in [5, 5.41) is 3.07. The van der Waals surface area contributed by atoms with E-state index < -0.39 is 6.04 Å². The van der Waals surface area contributed by atoms with Crippen molar-refractivity contribution in [3.05, 3.63) is 41.1 Å². The van der Waals surface area contributed by atoms with Crippen LogP contribution in [0.1, 0.15) is 32.2 Å². The predicted octanol–water partition coefficient (Wildman–Crippen LogP) is 2.39. The van der Waals surface area contributed by atoms with Gasteiger partial charge in [-0.25, -0.2) is 9.97 Å². The molecular weight excluding hydrogens is 412 g/mol. The summed E-state index contributed by atoms with van der Waals surface area (Å²) >= 11 is 0. The van der Waals surface area contributed by atoms with E-state index in [9.17, 15) is 9.59 Å². The fraction of sp³-hybridized carbons (Fsp3) is 0.409. The number of ether oxygens (including phenoxy) is 2. The lowest BCUT2D eigenvalue weighted by molar-refractivity contribution is -0.118. The molecule has 0 unspecified atom stereocenters. The zero-order chi connectivity index (χ0) is 22.7. The first kappa shape index (κ1) is 21.5. The number of fused-ring (bicyclic) bond motifs is 1. The predicted molar refractivity (Wildman–Crippen MR) is 121 cm³/mol. The van der Waals surface area contributed by atoms with Crippen molar-refractivity contribution in [3.8, 4) is 11.5 Å². The van der Waals surface area contributed by atoms with Crippen molar-refractivity contribution in [2.75, 3.05) is 37.5 Å². The van der Waals surface area contributed by atoms with Crippen LogP contribution in [0.4, 0.5) is 11.6 Å². The Balaban J connectivity index is 1.58. The first-order chi connectivity index (χ1) is 15.5. The van der Waals surface area contributed by atoms with E-state index in [1.807, 2.05) is 0 Å². The fourth-order valence-corrected chi connectivity index (χ4v) is 3.70. The third-order valence-electron chi connectivity index (χ3n) is 5.58. The highest BCUT2D eigenvalue weighted by Crippen LogP contribution is 2.26. The summed E-state index contributed by atoms with van der Waals surface area (Å²) in [6, 6.07) is 4.24. The first-order valence-corrected chi connectivity index (χ1v) is 10.5. The Bertz CT molecular complexity index is 1170. The molecule has 168 valence electrons. The van der Waals surface area contributed by atoms with Crippen molar-refractivity contribution >= 4 is 28.6 Å². The van der Waals surface area contributed by atoms with Crippen LogP contribution in [0.5, 0.6) is 11.5 Å². The zero-order valence-electron chi connectivity index (χ0n) is 18.4. The molecule has 0 spiro atoms. The van der Waals surface area contributed by atoms with Crippen molar-refractivity contribution in [1.82, 2.24) is 19.5 Å². The van der Waals surface area contributed by atoms with Crippen LogP contribution in [0.2, 0.25) is 0 Å². The highest BCUT2D eigenvalue weighted by Gasteiger charge is 2.20. The standard InChI is InChI=1S/C22H26N6O4/c1-14(20(29)25-15-9-16(31-2)11-17(10-15)32-3)28-13-24-19-18(21(28)30)12-23-22(26-19)27-7-5-4-6-8-27/h9-14H,4-8H2,1-3H3,(H,25,29)/t14-/m0/s1. The molecule has 3 aromatic rings. The highest BCUT2D eigenvalue weighted by atomic mass is 16.5. The molecule has 1 amide bonds. The van der Waals surface area contributed by atoms with Gasteiger partial charge >= 0.3 is 0 Å². The second kappa shape index (κ2) is 9.21. The molecule has 0 aliphatic carbocycles. The van der Waals surface area contributed by atoms with Gasteiger partial charge in [-0.05, 0) is 26.2 Å². The van der Waals surface area contributed by atoms with Crippen molar-refractivity contribution < 1.29 is 14.3 Å². The van der Waals surface area contributed by atoms with E-state index in [4.69, 9.17) is 9.47 Å². The van der Waals surface area contributed by atoms with Gasteiger partial charge in [0.25, 0.3) is 5.56 Å². The number of carbonyl (C=O) groups excluding carboxylic acids is 1. The molecule has 32 heavy (non-hydrogen) atoms. The summed E-state index contributed by atoms with van der Waals surface area (Å²) in [5.74, 6) is 1.28. The summed E-state index contributed by atoms with van der Waals surface area (Å²) in [6.07, 6.45) is 6.25. The van der Waals surface area contributed by atoms with E-state index in [-0.39, 0.29) is 16.9 Å². The molecule has 1 N–H and O–H groups in total. The van der Waals surface area contributed by atoms with Crippen molar-refractivity contribution in [2.45, 2.75) is 32.2 Å². The van der Waals surface area contributed by atoms with E-state index in [1.165, 1.54) is 37.7 Å². The van der Waals surface area contributed by atoms with Gasteiger partial charge in [0.1, 0.15) is 29.3 Å². The monoisotopic (exact) mass is 438 g/mol. The molecule has 3 heterocycles. The van der Waals surface area contributed by atoms with Gasteiger partial charge in [0, 0.05) is 43.2 Å². The van der Waals surface area contributed by atoms with Gasteiger partial charge < -0.3 is 19.7 Å². The number of aromatic nitrogens is 4. The van der Waals surface area contributed by atoms with Crippen LogP contribution in [-0.2, 0) is 4.79 Å². The van der Waals surface area contributed by atoms with E-state index >= 15 is 0 Å². The summed E-state index contributed by atoms with van der Waals surface area (Å²) in [6.45, 7) is 3.42. The number of rotatable bonds is 6. The second-order valence-electron chi connectivity index (χ2n) is 7.68. The van der Waals surface area contributed by atoms with Crippen molar-refractivity contribution in [1.29, 1.82) is 0 Å². The van der Waals surface area contributed by atoms with Crippen LogP contribution in [0, 0.1) is 0 Å². The van der Waals surface area contributed by atoms with Gasteiger partial charge in [0.2, 0.25) is 11.9 Å². The number of benzene rings is 1. The quantitative estimate of drug-likeness (QED) is 0.624. The molecule has 0 radical (unpaired) electrons. The molecule has 1 aromatic carbocycles. The third kappa shape index (κ3) is 4.34. The number of carbonyl (C=O) groups is 1. The third-order valence-corrected chi connectivity index (χ3v) is 5.58. The Morgan fingerprint density at radius 2 is 1.75 bits per heavy atom. The number of hydrogen-bond acceptors (Lipinski definition) is 8. The highest BCUT2D eigenvalue weighted by molar-refractivity contribution is 5.94. The molecule has 1 aliphatic heterocycles. The smallest absolute Gasteiger partial charge is 0.265 e. The minimum atomic E-state index is -0.807. The summed E-state index contributed by atoms with van der Waals surface area (Å²) in [4.78, 5) is 41.1. The largest absolute Gasteiger partial charge is 0.497 e. The number of piperidine rings is 1. The van der Waals surface area contributed by atoms with E-state index in [0.29, 0.717) is 28.8 Å². The maximum atomic E-state index is 13.0. The Morgan fingerprint density at radius 3 is 2.41 bits per heavy atom. The number of nitrogens with zero attached hydrogens (tertiary/aromatic N) is 5. The number of hydrogen-bond donors (Lipinski definition) is 1. The van der Waals surface area contributed by atoms with Crippen LogP contribution in [0.3, 0.4) is 0 Å². The Labute approximate surface area is 185 Å². The van der Waals surface area contributed by atoms with Gasteiger partial charge in [-0.1, -0.05) is 0 Å². The summed E-state index contributed by atoms with van der Waals surface area (Å²) < 4.78 is 11.7. The minimum absolute atomic E-state index is 0.274. The van der Waals surface area contributed by atoms with Crippen molar-refractivity contribution in [3.63, 3.8) is 0 Å². The minimum Gasteiger partial charge on any atom is -0.497 e. The Kier molecular flexibility index (Phi) is 6.20. The average molecular weight is 438 g/mol. The maximum Gasteiger partial charge on any atom is 0.265 e. The molecular formula is C22H26N6O4. The van der Waals surface area contributed by atoms with Gasteiger partial charge in [-0.15, -0.1) is 0 Å². The lowest BCUT2D eigenvalue weighted by Crippen LogP contribution is -2.33. The first-order valence-electron chi connectivity index (χ1n) is 10.5. The zero-order valence-corrected chi connectivity index (χ0v) is 18.4. The van der Waals surface area contributed by atoms with Gasteiger partial charge in [0.15, 0.2) is 5.65 Å². The molecule has 2 aromatic heterocycles. The number of nitrogens with one attached hydrogen (secondary N) is 1. The number of amides is 1. The SMILES string of the molecule is COc1cc(NC(=O)[C@H](C)n2cnc3nc(N4CCCCC4)ncc3c2=O)cc(OC)c1. The topological polar surface area (TPSA) is 111 Å². The summed E-state index contributed by atoms with van der Waals surface area (Å²) in [7, 11) is 3.06. The van der Waals surface area contributed by atoms with Crippen LogP contribution in [-0.4, -0.2) is 52.7 Å². The molecule has 4 rings (SSSR count). The normalized spacial score (nSPS) is 14.8. The molecule has 10 heteroatoms. The molecule has 0 saturated carbocycles. The second-order valence-corrected chi connectivity index (χ2v) is 7.68. The molecule has 1 fully saturated rings. The number of methoxy groups -OCH3 is 2. The lowest BCUT2D eigenvalue weighted by atomic mass is 10.1. The Morgan fingerprint density at radius 1 is 1.06 bits per heavy atom.